The van der Waals surface area contributed by atoms with Crippen molar-refractivity contribution in [3.63, 3.8) is 0 Å². The second kappa shape index (κ2) is 5.42. The Bertz CT molecular complexity index is 523. The average Bonchev–Trinajstić information content (AvgIpc) is 2.55. The van der Waals surface area contributed by atoms with E-state index in [1.54, 1.807) is 13.8 Å². The quantitative estimate of drug-likeness (QED) is 0.801. The largest absolute Gasteiger partial charge is 0.375 e. The summed E-state index contributed by atoms with van der Waals surface area (Å²) in [6, 6.07) is 0. The minimum absolute atomic E-state index is 0.115. The lowest BCUT2D eigenvalue weighted by molar-refractivity contribution is 0.582. The van der Waals surface area contributed by atoms with E-state index >= 15 is 0 Å². The van der Waals surface area contributed by atoms with Crippen LogP contribution >= 0.6 is 11.3 Å². The second-order valence-corrected chi connectivity index (χ2v) is 8.38. The van der Waals surface area contributed by atoms with Gasteiger partial charge in [-0.05, 0) is 13.8 Å². The highest BCUT2D eigenvalue weighted by atomic mass is 32.2. The zero-order valence-corrected chi connectivity index (χ0v) is 12.2. The van der Waals surface area contributed by atoms with Crippen LogP contribution in [0.3, 0.4) is 0 Å². The summed E-state index contributed by atoms with van der Waals surface area (Å²) >= 11 is 0.922. The summed E-state index contributed by atoms with van der Waals surface area (Å²) in [7, 11) is -4.67. The van der Waals surface area contributed by atoms with E-state index in [1.807, 2.05) is 0 Å². The van der Waals surface area contributed by atoms with Crippen LogP contribution in [0.15, 0.2) is 4.21 Å². The molecule has 0 fully saturated rings. The third-order valence-electron chi connectivity index (χ3n) is 2.14. The molecule has 9 heteroatoms. The standard InChI is InChI=1S/C8H15N3O3S3/c1-5(16(3)12)4-10-17(13,14)7-6(2)11-8(9)15-7/h5,10H,4H2,1-3H3,(H2,9,11). The molecule has 0 amide bonds. The van der Waals surface area contributed by atoms with Gasteiger partial charge in [0.2, 0.25) is 0 Å². The molecule has 2 atom stereocenters. The Morgan fingerprint density at radius 2 is 2.18 bits per heavy atom. The fourth-order valence-corrected chi connectivity index (χ4v) is 3.96. The summed E-state index contributed by atoms with van der Waals surface area (Å²) in [5.74, 6) is 0. The first kappa shape index (κ1) is 14.6. The first-order valence-electron chi connectivity index (χ1n) is 4.79. The van der Waals surface area contributed by atoms with Gasteiger partial charge in [0.05, 0.1) is 5.69 Å². The maximum absolute atomic E-state index is 11.9. The minimum Gasteiger partial charge on any atom is -0.375 e. The Kier molecular flexibility index (Phi) is 4.64. The lowest BCUT2D eigenvalue weighted by atomic mass is 10.5. The van der Waals surface area contributed by atoms with Gasteiger partial charge in [0, 0.05) is 28.9 Å². The fourth-order valence-electron chi connectivity index (χ4n) is 1.06. The van der Waals surface area contributed by atoms with Crippen LogP contribution in [0.5, 0.6) is 0 Å². The van der Waals surface area contributed by atoms with Gasteiger partial charge < -0.3 is 5.73 Å². The minimum atomic E-state index is -3.61. The van der Waals surface area contributed by atoms with Gasteiger partial charge in [0.25, 0.3) is 10.0 Å². The number of nitrogen functional groups attached to an aromatic ring is 1. The van der Waals surface area contributed by atoms with Crippen molar-refractivity contribution in [3.8, 4) is 0 Å². The summed E-state index contributed by atoms with van der Waals surface area (Å²) < 4.78 is 37.4. The highest BCUT2D eigenvalue weighted by Crippen LogP contribution is 2.24. The number of aryl methyl sites for hydroxylation is 1. The smallest absolute Gasteiger partial charge is 0.252 e. The molecule has 0 spiro atoms. The molecule has 0 saturated heterocycles. The molecule has 0 radical (unpaired) electrons. The summed E-state index contributed by atoms with van der Waals surface area (Å²) in [6.45, 7) is 3.43. The summed E-state index contributed by atoms with van der Waals surface area (Å²) in [5, 5.41) is -0.0228. The molecule has 1 aromatic heterocycles. The van der Waals surface area contributed by atoms with E-state index < -0.39 is 20.8 Å². The summed E-state index contributed by atoms with van der Waals surface area (Å²) in [5.41, 5.74) is 5.83. The molecule has 2 unspecified atom stereocenters. The van der Waals surface area contributed by atoms with Crippen molar-refractivity contribution in [1.29, 1.82) is 0 Å². The first-order valence-corrected chi connectivity index (χ1v) is 8.71. The molecule has 0 saturated carbocycles. The number of sulfonamides is 1. The molecular weight excluding hydrogens is 282 g/mol. The molecule has 17 heavy (non-hydrogen) atoms. The summed E-state index contributed by atoms with van der Waals surface area (Å²) in [6.07, 6.45) is 1.54. The number of aromatic nitrogens is 1. The van der Waals surface area contributed by atoms with Gasteiger partial charge >= 0.3 is 0 Å². The number of nitrogens with zero attached hydrogens (tertiary/aromatic N) is 1. The van der Waals surface area contributed by atoms with E-state index in [2.05, 4.69) is 9.71 Å². The van der Waals surface area contributed by atoms with Crippen LogP contribution < -0.4 is 10.5 Å². The lowest BCUT2D eigenvalue weighted by Crippen LogP contribution is -2.32. The molecule has 1 rings (SSSR count). The Hall–Kier alpha value is -0.510. The van der Waals surface area contributed by atoms with Crippen LogP contribution in [-0.2, 0) is 20.8 Å². The number of thiazole rings is 1. The van der Waals surface area contributed by atoms with E-state index in [0.717, 1.165) is 11.3 Å². The van der Waals surface area contributed by atoms with E-state index in [1.165, 1.54) is 6.26 Å². The van der Waals surface area contributed by atoms with Gasteiger partial charge in [-0.2, -0.15) is 0 Å². The molecule has 0 aliphatic heterocycles. The van der Waals surface area contributed by atoms with Crippen molar-refractivity contribution < 1.29 is 12.6 Å². The van der Waals surface area contributed by atoms with E-state index in [-0.39, 0.29) is 21.1 Å². The number of hydrogen-bond donors (Lipinski definition) is 2. The summed E-state index contributed by atoms with van der Waals surface area (Å²) in [4.78, 5) is 3.86. The maximum Gasteiger partial charge on any atom is 0.252 e. The van der Waals surface area contributed by atoms with Gasteiger partial charge in [-0.15, -0.1) is 0 Å². The van der Waals surface area contributed by atoms with Crippen molar-refractivity contribution >= 4 is 37.3 Å². The van der Waals surface area contributed by atoms with Crippen LogP contribution in [0.2, 0.25) is 0 Å². The number of anilines is 1. The third kappa shape index (κ3) is 3.73. The zero-order valence-electron chi connectivity index (χ0n) is 9.76. The van der Waals surface area contributed by atoms with Gasteiger partial charge in [0.15, 0.2) is 9.34 Å². The molecule has 1 aromatic rings. The molecule has 0 aromatic carbocycles. The topological polar surface area (TPSA) is 102 Å². The highest BCUT2D eigenvalue weighted by Gasteiger charge is 2.22. The molecule has 3 N–H and O–H groups in total. The van der Waals surface area contributed by atoms with Crippen molar-refractivity contribution in [1.82, 2.24) is 9.71 Å². The Balaban J connectivity index is 2.83. The third-order valence-corrected chi connectivity index (χ3v) is 6.46. The van der Waals surface area contributed by atoms with Crippen molar-refractivity contribution in [3.05, 3.63) is 5.69 Å². The highest BCUT2D eigenvalue weighted by molar-refractivity contribution is 7.91. The molecule has 98 valence electrons. The zero-order chi connectivity index (χ0) is 13.2. The predicted octanol–water partition coefficient (Wildman–Crippen LogP) is 0.0790. The SMILES string of the molecule is Cc1nc(N)sc1S(=O)(=O)NCC(C)S(C)=O. The van der Waals surface area contributed by atoms with Gasteiger partial charge in [-0.1, -0.05) is 11.3 Å². The van der Waals surface area contributed by atoms with Crippen molar-refractivity contribution in [2.45, 2.75) is 23.3 Å². The monoisotopic (exact) mass is 297 g/mol. The average molecular weight is 297 g/mol. The van der Waals surface area contributed by atoms with E-state index in [4.69, 9.17) is 5.73 Å². The predicted molar refractivity (Wildman–Crippen MR) is 70.0 cm³/mol. The molecule has 1 heterocycles. The number of rotatable bonds is 5. The Morgan fingerprint density at radius 1 is 1.59 bits per heavy atom. The van der Waals surface area contributed by atoms with Crippen molar-refractivity contribution in [2.75, 3.05) is 18.5 Å². The van der Waals surface area contributed by atoms with Gasteiger partial charge in [0.1, 0.15) is 0 Å². The Morgan fingerprint density at radius 3 is 2.59 bits per heavy atom. The van der Waals surface area contributed by atoms with Gasteiger partial charge in [-0.25, -0.2) is 18.1 Å². The fraction of sp³-hybridized carbons (Fsp3) is 0.625. The molecule has 6 nitrogen and oxygen atoms in total. The molecule has 0 aliphatic rings. The van der Waals surface area contributed by atoms with Crippen LogP contribution in [0, 0.1) is 6.92 Å². The van der Waals surface area contributed by atoms with Gasteiger partial charge in [-0.3, -0.25) is 4.21 Å². The number of nitrogens with two attached hydrogens (primary N) is 1. The molecule has 0 bridgehead atoms. The lowest BCUT2D eigenvalue weighted by Gasteiger charge is -2.09. The second-order valence-electron chi connectivity index (χ2n) is 3.59. The number of nitrogens with one attached hydrogen (secondary N) is 1. The van der Waals surface area contributed by atoms with Crippen LogP contribution in [0.25, 0.3) is 0 Å². The first-order chi connectivity index (χ1) is 7.74. The normalized spacial score (nSPS) is 15.7. The van der Waals surface area contributed by atoms with Crippen LogP contribution in [0.1, 0.15) is 12.6 Å². The van der Waals surface area contributed by atoms with Crippen molar-refractivity contribution in [2.24, 2.45) is 0 Å². The Labute approximate surface area is 107 Å². The maximum atomic E-state index is 11.9. The molecule has 0 aliphatic carbocycles. The van der Waals surface area contributed by atoms with Crippen LogP contribution in [-0.4, -0.2) is 35.7 Å². The van der Waals surface area contributed by atoms with Crippen LogP contribution in [0.4, 0.5) is 5.13 Å². The van der Waals surface area contributed by atoms with E-state index in [0.29, 0.717) is 5.69 Å². The van der Waals surface area contributed by atoms with E-state index in [9.17, 15) is 12.6 Å². The number of hydrogen-bond acceptors (Lipinski definition) is 6. The molecular formula is C8H15N3O3S3.